The second-order valence-electron chi connectivity index (χ2n) is 10.4. The maximum atomic E-state index is 13.0. The summed E-state index contributed by atoms with van der Waals surface area (Å²) in [5, 5.41) is 0.734. The zero-order valence-corrected chi connectivity index (χ0v) is 22.0. The fourth-order valence-corrected chi connectivity index (χ4v) is 6.13. The van der Waals surface area contributed by atoms with E-state index in [-0.39, 0.29) is 18.0 Å². The van der Waals surface area contributed by atoms with E-state index in [0.29, 0.717) is 25.6 Å². The van der Waals surface area contributed by atoms with Crippen LogP contribution in [0, 0.1) is 6.92 Å². The van der Waals surface area contributed by atoms with Crippen LogP contribution in [-0.4, -0.2) is 59.6 Å². The molecule has 8 heteroatoms. The van der Waals surface area contributed by atoms with E-state index in [0.717, 1.165) is 57.3 Å². The molecule has 184 valence electrons. The van der Waals surface area contributed by atoms with Crippen molar-refractivity contribution in [2.75, 3.05) is 26.2 Å². The summed E-state index contributed by atoms with van der Waals surface area (Å²) in [6.45, 7) is 10.3. The van der Waals surface area contributed by atoms with Crippen molar-refractivity contribution >= 4 is 34.9 Å². The number of amides is 2. The number of thiophene rings is 1. The van der Waals surface area contributed by atoms with Crippen LogP contribution >= 0.6 is 22.9 Å². The smallest absolute Gasteiger partial charge is 0.410 e. The molecule has 2 saturated heterocycles. The highest BCUT2D eigenvalue weighted by atomic mass is 35.5. The molecule has 2 N–H and O–H groups in total. The number of hydrogen-bond acceptors (Lipinski definition) is 5. The van der Waals surface area contributed by atoms with Crippen molar-refractivity contribution in [1.29, 1.82) is 0 Å². The van der Waals surface area contributed by atoms with E-state index < -0.39 is 5.60 Å². The highest BCUT2D eigenvalue weighted by Crippen LogP contribution is 2.38. The summed E-state index contributed by atoms with van der Waals surface area (Å²) < 4.78 is 5.50. The lowest BCUT2D eigenvalue weighted by molar-refractivity contribution is 0.0204. The highest BCUT2D eigenvalue weighted by Gasteiger charge is 2.29. The van der Waals surface area contributed by atoms with Crippen LogP contribution in [0.15, 0.2) is 24.3 Å². The lowest BCUT2D eigenvalue weighted by Crippen LogP contribution is -2.41. The summed E-state index contributed by atoms with van der Waals surface area (Å²) in [7, 11) is 0. The van der Waals surface area contributed by atoms with Gasteiger partial charge in [0.1, 0.15) is 5.60 Å². The number of aryl methyl sites for hydroxylation is 1. The van der Waals surface area contributed by atoms with Crippen LogP contribution in [0.3, 0.4) is 0 Å². The summed E-state index contributed by atoms with van der Waals surface area (Å²) >= 11 is 8.26. The minimum absolute atomic E-state index is 0.0705. The Kier molecular flexibility index (Phi) is 7.27. The number of benzene rings is 1. The standard InChI is InChI=1S/C26H34ClN3O3S/c1-16-13-22(34-23(16)24(31)30-12-9-19(28)15-30)18-5-6-20(21(27)14-18)17-7-10-29(11-8-17)25(32)33-26(2,3)4/h5-6,13-14,17,19H,7-12,15,28H2,1-4H3/t19-/m0/s1. The summed E-state index contributed by atoms with van der Waals surface area (Å²) in [5.41, 5.74) is 8.62. The number of carbonyl (C=O) groups excluding carboxylic acids is 2. The van der Waals surface area contributed by atoms with E-state index in [1.54, 1.807) is 4.90 Å². The monoisotopic (exact) mass is 503 g/mol. The maximum absolute atomic E-state index is 13.0. The van der Waals surface area contributed by atoms with Crippen molar-refractivity contribution in [2.24, 2.45) is 5.73 Å². The number of hydrogen-bond donors (Lipinski definition) is 1. The first-order valence-corrected chi connectivity index (χ1v) is 13.1. The Balaban J connectivity index is 1.43. The van der Waals surface area contributed by atoms with Crippen LogP contribution in [0.25, 0.3) is 10.4 Å². The third-order valence-electron chi connectivity index (χ3n) is 6.50. The molecule has 2 fully saturated rings. The van der Waals surface area contributed by atoms with Gasteiger partial charge in [0, 0.05) is 42.1 Å². The Morgan fingerprint density at radius 1 is 1.09 bits per heavy atom. The van der Waals surface area contributed by atoms with Gasteiger partial charge >= 0.3 is 6.09 Å². The van der Waals surface area contributed by atoms with Crippen molar-refractivity contribution in [2.45, 2.75) is 64.5 Å². The third-order valence-corrected chi connectivity index (χ3v) is 8.10. The fourth-order valence-electron chi connectivity index (χ4n) is 4.66. The average molecular weight is 504 g/mol. The SMILES string of the molecule is Cc1cc(-c2ccc(C3CCN(C(=O)OC(C)(C)C)CC3)c(Cl)c2)sc1C(=O)N1CC[C@H](N)C1. The minimum Gasteiger partial charge on any atom is -0.444 e. The molecule has 2 aliphatic rings. The molecule has 2 aliphatic heterocycles. The Morgan fingerprint density at radius 2 is 1.76 bits per heavy atom. The van der Waals surface area contributed by atoms with Gasteiger partial charge in [-0.15, -0.1) is 11.3 Å². The topological polar surface area (TPSA) is 75.9 Å². The summed E-state index contributed by atoms with van der Waals surface area (Å²) in [6.07, 6.45) is 2.32. The number of ether oxygens (including phenoxy) is 1. The predicted molar refractivity (Wildman–Crippen MR) is 138 cm³/mol. The molecule has 2 amide bonds. The number of likely N-dealkylation sites (tertiary alicyclic amines) is 2. The van der Waals surface area contributed by atoms with Gasteiger partial charge in [-0.1, -0.05) is 23.7 Å². The number of halogens is 1. The minimum atomic E-state index is -0.487. The maximum Gasteiger partial charge on any atom is 0.410 e. The molecule has 3 heterocycles. The molecule has 1 atom stereocenters. The van der Waals surface area contributed by atoms with Crippen molar-refractivity contribution in [3.8, 4) is 10.4 Å². The summed E-state index contributed by atoms with van der Waals surface area (Å²) in [6, 6.07) is 8.33. The molecule has 1 aromatic carbocycles. The van der Waals surface area contributed by atoms with Gasteiger partial charge in [-0.25, -0.2) is 4.79 Å². The molecule has 0 aliphatic carbocycles. The van der Waals surface area contributed by atoms with Crippen LogP contribution in [0.1, 0.15) is 66.8 Å². The molecule has 0 spiro atoms. The molecule has 34 heavy (non-hydrogen) atoms. The van der Waals surface area contributed by atoms with Gasteiger partial charge in [0.05, 0.1) is 4.88 Å². The van der Waals surface area contributed by atoms with Crippen LogP contribution in [0.4, 0.5) is 4.79 Å². The van der Waals surface area contributed by atoms with Crippen molar-refractivity contribution in [3.63, 3.8) is 0 Å². The first-order chi connectivity index (χ1) is 16.0. The number of nitrogens with zero attached hydrogens (tertiary/aromatic N) is 2. The summed E-state index contributed by atoms with van der Waals surface area (Å²) in [4.78, 5) is 30.8. The van der Waals surface area contributed by atoms with Crippen molar-refractivity contribution in [1.82, 2.24) is 9.80 Å². The number of nitrogens with two attached hydrogens (primary N) is 1. The predicted octanol–water partition coefficient (Wildman–Crippen LogP) is 5.66. The van der Waals surface area contributed by atoms with E-state index >= 15 is 0 Å². The van der Waals surface area contributed by atoms with Crippen molar-refractivity contribution < 1.29 is 14.3 Å². The van der Waals surface area contributed by atoms with Gasteiger partial charge in [0.25, 0.3) is 5.91 Å². The van der Waals surface area contributed by atoms with E-state index in [1.807, 2.05) is 38.7 Å². The third kappa shape index (κ3) is 5.58. The molecule has 0 saturated carbocycles. The molecule has 0 radical (unpaired) electrons. The first-order valence-electron chi connectivity index (χ1n) is 11.9. The average Bonchev–Trinajstić information content (AvgIpc) is 3.38. The molecular formula is C26H34ClN3O3S. The van der Waals surface area contributed by atoms with Crippen LogP contribution in [-0.2, 0) is 4.74 Å². The molecule has 2 aromatic rings. The first kappa shape index (κ1) is 25.0. The Labute approximate surface area is 211 Å². The number of rotatable bonds is 3. The van der Waals surface area contributed by atoms with Gasteiger partial charge in [-0.3, -0.25) is 4.79 Å². The Morgan fingerprint density at radius 3 is 2.35 bits per heavy atom. The highest BCUT2D eigenvalue weighted by molar-refractivity contribution is 7.17. The lowest BCUT2D eigenvalue weighted by Gasteiger charge is -2.34. The molecule has 6 nitrogen and oxygen atoms in total. The van der Waals surface area contributed by atoms with Crippen molar-refractivity contribution in [3.05, 3.63) is 45.3 Å². The van der Waals surface area contributed by atoms with Gasteiger partial charge in [0.2, 0.25) is 0 Å². The van der Waals surface area contributed by atoms with Gasteiger partial charge in [-0.05, 0) is 81.7 Å². The number of carbonyl (C=O) groups is 2. The largest absolute Gasteiger partial charge is 0.444 e. The zero-order chi connectivity index (χ0) is 24.6. The fraction of sp³-hybridized carbons (Fsp3) is 0.538. The van der Waals surface area contributed by atoms with E-state index in [4.69, 9.17) is 22.1 Å². The van der Waals surface area contributed by atoms with E-state index in [9.17, 15) is 9.59 Å². The van der Waals surface area contributed by atoms with E-state index in [2.05, 4.69) is 18.2 Å². The second kappa shape index (κ2) is 9.88. The zero-order valence-electron chi connectivity index (χ0n) is 20.4. The van der Waals surface area contributed by atoms with Gasteiger partial charge in [0.15, 0.2) is 0 Å². The van der Waals surface area contributed by atoms with Crippen LogP contribution < -0.4 is 5.73 Å². The van der Waals surface area contributed by atoms with Crippen LogP contribution in [0.5, 0.6) is 0 Å². The van der Waals surface area contributed by atoms with Gasteiger partial charge in [-0.2, -0.15) is 0 Å². The molecule has 4 rings (SSSR count). The Hall–Kier alpha value is -2.09. The summed E-state index contributed by atoms with van der Waals surface area (Å²) in [5.74, 6) is 0.378. The second-order valence-corrected chi connectivity index (χ2v) is 11.9. The molecular weight excluding hydrogens is 470 g/mol. The molecule has 0 unspecified atom stereocenters. The Bertz CT molecular complexity index is 1070. The molecule has 1 aromatic heterocycles. The quantitative estimate of drug-likeness (QED) is 0.586. The van der Waals surface area contributed by atoms with Gasteiger partial charge < -0.3 is 20.3 Å². The molecule has 0 bridgehead atoms. The normalized spacial score (nSPS) is 19.5. The number of piperidine rings is 1. The lowest BCUT2D eigenvalue weighted by atomic mass is 9.89. The van der Waals surface area contributed by atoms with Crippen LogP contribution in [0.2, 0.25) is 5.02 Å². The van der Waals surface area contributed by atoms with E-state index in [1.165, 1.54) is 11.3 Å².